The summed E-state index contributed by atoms with van der Waals surface area (Å²) in [5.74, 6) is -0.706. The van der Waals surface area contributed by atoms with E-state index in [-0.39, 0.29) is 25.3 Å². The van der Waals surface area contributed by atoms with Crippen molar-refractivity contribution in [3.05, 3.63) is 0 Å². The van der Waals surface area contributed by atoms with Crippen molar-refractivity contribution in [3.8, 4) is 0 Å². The lowest BCUT2D eigenvalue weighted by Gasteiger charge is -2.11. The van der Waals surface area contributed by atoms with Crippen LogP contribution in [0.5, 0.6) is 0 Å². The largest absolute Gasteiger partial charge is 0.374 e. The van der Waals surface area contributed by atoms with E-state index in [0.29, 0.717) is 0 Å². The fraction of sp³-hybridized carbons (Fsp3) is 0.889. The van der Waals surface area contributed by atoms with Gasteiger partial charge >= 0.3 is 0 Å². The maximum Gasteiger partial charge on any atom is 0.261 e. The van der Waals surface area contributed by atoms with Gasteiger partial charge in [0.15, 0.2) is 0 Å². The van der Waals surface area contributed by atoms with Gasteiger partial charge in [-0.05, 0) is 6.42 Å². The first-order valence-corrected chi connectivity index (χ1v) is 7.35. The number of nitrogens with one attached hydrogen (secondary N) is 1. The number of hydrogen-bond donors (Lipinski definition) is 2. The normalized spacial score (nSPS) is 13.6. The summed E-state index contributed by atoms with van der Waals surface area (Å²) in [5.41, 5.74) is 5.45. The van der Waals surface area contributed by atoms with Crippen LogP contribution in [-0.2, 0) is 19.4 Å². The molecule has 0 spiro atoms. The molecule has 0 aliphatic rings. The predicted octanol–water partition coefficient (Wildman–Crippen LogP) is -0.854. The minimum absolute atomic E-state index is 0.0164. The van der Waals surface area contributed by atoms with Gasteiger partial charge in [0.1, 0.15) is 16.4 Å². The minimum atomic E-state index is -3.16. The predicted molar refractivity (Wildman–Crippen MR) is 62.1 cm³/mol. The Morgan fingerprint density at radius 1 is 1.44 bits per heavy atom. The smallest absolute Gasteiger partial charge is 0.261 e. The Balaban J connectivity index is 3.69. The van der Waals surface area contributed by atoms with Crippen molar-refractivity contribution in [2.45, 2.75) is 18.9 Å². The molecule has 0 aliphatic heterocycles. The summed E-state index contributed by atoms with van der Waals surface area (Å²) in [6.45, 7) is -0.678. The monoisotopic (exact) mass is 288 g/mol. The first-order chi connectivity index (χ1) is 8.22. The fourth-order valence-electron chi connectivity index (χ4n) is 1.02. The molecule has 0 fully saturated rings. The molecule has 9 heteroatoms. The van der Waals surface area contributed by atoms with Crippen molar-refractivity contribution >= 4 is 15.7 Å². The van der Waals surface area contributed by atoms with Crippen molar-refractivity contribution in [1.82, 2.24) is 5.32 Å². The average molecular weight is 288 g/mol. The standard InChI is InChI=1S/C9H18F2N2O4S/c1-18(15,16)5-2-7(12)9(14)13-3-4-17-6-8(10)11/h7-8H,2-6,12H2,1H3,(H,13,14). The quantitative estimate of drug-likeness (QED) is 0.538. The van der Waals surface area contributed by atoms with E-state index >= 15 is 0 Å². The van der Waals surface area contributed by atoms with E-state index in [4.69, 9.17) is 5.73 Å². The van der Waals surface area contributed by atoms with Gasteiger partial charge in [-0.25, -0.2) is 17.2 Å². The number of carbonyl (C=O) groups excluding carboxylic acids is 1. The molecule has 0 radical (unpaired) electrons. The number of ether oxygens (including phenoxy) is 1. The molecule has 0 saturated carbocycles. The maximum absolute atomic E-state index is 11.7. The highest BCUT2D eigenvalue weighted by molar-refractivity contribution is 7.90. The van der Waals surface area contributed by atoms with Crippen LogP contribution in [0.4, 0.5) is 8.78 Å². The van der Waals surface area contributed by atoms with Crippen LogP contribution in [0.2, 0.25) is 0 Å². The van der Waals surface area contributed by atoms with Gasteiger partial charge in [-0.2, -0.15) is 0 Å². The summed E-state index contributed by atoms with van der Waals surface area (Å²) in [7, 11) is -3.16. The molecule has 0 aliphatic carbocycles. The van der Waals surface area contributed by atoms with Gasteiger partial charge in [0, 0.05) is 12.8 Å². The molecule has 0 bridgehead atoms. The van der Waals surface area contributed by atoms with Crippen molar-refractivity contribution in [3.63, 3.8) is 0 Å². The van der Waals surface area contributed by atoms with E-state index in [1.165, 1.54) is 0 Å². The number of rotatable bonds is 9. The van der Waals surface area contributed by atoms with Crippen molar-refractivity contribution in [2.24, 2.45) is 5.73 Å². The van der Waals surface area contributed by atoms with Gasteiger partial charge in [-0.15, -0.1) is 0 Å². The van der Waals surface area contributed by atoms with E-state index in [9.17, 15) is 22.0 Å². The van der Waals surface area contributed by atoms with Gasteiger partial charge in [-0.1, -0.05) is 0 Å². The second kappa shape index (κ2) is 8.33. The molecule has 0 aromatic rings. The van der Waals surface area contributed by atoms with Crippen LogP contribution in [0, 0.1) is 0 Å². The molecule has 0 aromatic carbocycles. The second-order valence-electron chi connectivity index (χ2n) is 3.78. The highest BCUT2D eigenvalue weighted by Crippen LogP contribution is 1.94. The lowest BCUT2D eigenvalue weighted by Crippen LogP contribution is -2.42. The lowest BCUT2D eigenvalue weighted by atomic mass is 10.2. The Morgan fingerprint density at radius 2 is 2.06 bits per heavy atom. The highest BCUT2D eigenvalue weighted by atomic mass is 32.2. The zero-order valence-electron chi connectivity index (χ0n) is 10.1. The SMILES string of the molecule is CS(=O)(=O)CCC(N)C(=O)NCCOCC(F)F. The Labute approximate surface area is 105 Å². The topological polar surface area (TPSA) is 98.5 Å². The number of sulfone groups is 1. The second-order valence-corrected chi connectivity index (χ2v) is 6.04. The third-order valence-corrected chi connectivity index (χ3v) is 2.90. The van der Waals surface area contributed by atoms with Crippen LogP contribution in [0.15, 0.2) is 0 Å². The van der Waals surface area contributed by atoms with Crippen LogP contribution >= 0.6 is 0 Å². The lowest BCUT2D eigenvalue weighted by molar-refractivity contribution is -0.122. The summed E-state index contributed by atoms with van der Waals surface area (Å²) in [5, 5.41) is 2.36. The fourth-order valence-corrected chi connectivity index (χ4v) is 1.70. The molecular weight excluding hydrogens is 270 g/mol. The number of nitrogens with two attached hydrogens (primary N) is 1. The van der Waals surface area contributed by atoms with E-state index in [2.05, 4.69) is 10.1 Å². The van der Waals surface area contributed by atoms with Gasteiger partial charge in [0.2, 0.25) is 5.91 Å². The molecule has 1 unspecified atom stereocenters. The molecular formula is C9H18F2N2O4S. The summed E-state index contributed by atoms with van der Waals surface area (Å²) in [6.07, 6.45) is -1.48. The van der Waals surface area contributed by atoms with E-state index in [1.54, 1.807) is 0 Å². The summed E-state index contributed by atoms with van der Waals surface area (Å²) in [6, 6.07) is -0.935. The van der Waals surface area contributed by atoms with Crippen LogP contribution in [0.3, 0.4) is 0 Å². The summed E-state index contributed by atoms with van der Waals surface area (Å²) >= 11 is 0. The third-order valence-electron chi connectivity index (χ3n) is 1.93. The van der Waals surface area contributed by atoms with E-state index < -0.39 is 34.8 Å². The number of amides is 1. The van der Waals surface area contributed by atoms with Crippen LogP contribution < -0.4 is 11.1 Å². The van der Waals surface area contributed by atoms with Crippen LogP contribution in [-0.4, -0.2) is 58.6 Å². The number of alkyl halides is 2. The number of carbonyl (C=O) groups is 1. The summed E-state index contributed by atoms with van der Waals surface area (Å²) in [4.78, 5) is 11.3. The highest BCUT2D eigenvalue weighted by Gasteiger charge is 2.15. The molecule has 0 aromatic heterocycles. The number of halogens is 2. The average Bonchev–Trinajstić information content (AvgIpc) is 2.23. The Hall–Kier alpha value is -0.800. The van der Waals surface area contributed by atoms with Crippen LogP contribution in [0.1, 0.15) is 6.42 Å². The molecule has 1 atom stereocenters. The van der Waals surface area contributed by atoms with E-state index in [0.717, 1.165) is 6.26 Å². The Bertz CT molecular complexity index is 348. The van der Waals surface area contributed by atoms with Gasteiger partial charge in [0.25, 0.3) is 6.43 Å². The molecule has 0 saturated heterocycles. The molecule has 6 nitrogen and oxygen atoms in total. The molecule has 1 amide bonds. The maximum atomic E-state index is 11.7. The molecule has 3 N–H and O–H groups in total. The first kappa shape index (κ1) is 17.2. The van der Waals surface area contributed by atoms with Gasteiger partial charge in [-0.3, -0.25) is 4.79 Å². The molecule has 0 rings (SSSR count). The zero-order valence-corrected chi connectivity index (χ0v) is 10.9. The van der Waals surface area contributed by atoms with Crippen molar-refractivity contribution < 1.29 is 26.7 Å². The Kier molecular flexibility index (Phi) is 7.96. The Morgan fingerprint density at radius 3 is 2.56 bits per heavy atom. The third kappa shape index (κ3) is 10.4. The van der Waals surface area contributed by atoms with Crippen molar-refractivity contribution in [2.75, 3.05) is 31.8 Å². The van der Waals surface area contributed by atoms with Gasteiger partial charge in [0.05, 0.1) is 18.4 Å². The number of hydrogen-bond acceptors (Lipinski definition) is 5. The minimum Gasteiger partial charge on any atom is -0.374 e. The van der Waals surface area contributed by atoms with E-state index in [1.807, 2.05) is 0 Å². The zero-order chi connectivity index (χ0) is 14.2. The first-order valence-electron chi connectivity index (χ1n) is 5.29. The van der Waals surface area contributed by atoms with Crippen molar-refractivity contribution in [1.29, 1.82) is 0 Å². The van der Waals surface area contributed by atoms with Crippen LogP contribution in [0.25, 0.3) is 0 Å². The molecule has 0 heterocycles. The molecule has 108 valence electrons. The van der Waals surface area contributed by atoms with Gasteiger partial charge < -0.3 is 15.8 Å². The molecule has 18 heavy (non-hydrogen) atoms. The summed E-state index contributed by atoms with van der Waals surface area (Å²) < 4.78 is 49.6.